The van der Waals surface area contributed by atoms with E-state index in [-0.39, 0.29) is 0 Å². The zero-order chi connectivity index (χ0) is 18.4. The van der Waals surface area contributed by atoms with Gasteiger partial charge in [0, 0.05) is 0 Å². The molecular formula is C24H21N2Se+. The molecule has 5 aromatic rings. The predicted octanol–water partition coefficient (Wildman–Crippen LogP) is 5.02. The Morgan fingerprint density at radius 3 is 2.52 bits per heavy atom. The summed E-state index contributed by atoms with van der Waals surface area (Å²) in [6.07, 6.45) is 4.55. The molecular weight excluding hydrogens is 395 g/mol. The third kappa shape index (κ3) is 2.66. The van der Waals surface area contributed by atoms with Gasteiger partial charge < -0.3 is 0 Å². The van der Waals surface area contributed by atoms with Gasteiger partial charge in [0.15, 0.2) is 0 Å². The van der Waals surface area contributed by atoms with Gasteiger partial charge in [-0.25, -0.2) is 0 Å². The van der Waals surface area contributed by atoms with Crippen LogP contribution in [0.4, 0.5) is 0 Å². The minimum atomic E-state index is 0.379. The molecule has 2 heterocycles. The molecule has 132 valence electrons. The fourth-order valence-corrected chi connectivity index (χ4v) is 6.16. The number of para-hydroxylation sites is 2. The SMILES string of the molecule is CCn1c2ccccc2c2cc(/C=C/c3[se]c4ccccc4[n+]3C)ccc21. The molecule has 3 heteroatoms. The van der Waals surface area contributed by atoms with Gasteiger partial charge in [0.05, 0.1) is 0 Å². The molecule has 2 nitrogen and oxygen atoms in total. The molecule has 3 aromatic carbocycles. The first-order valence-corrected chi connectivity index (χ1v) is 11.0. The van der Waals surface area contributed by atoms with Crippen molar-refractivity contribution in [2.24, 2.45) is 7.05 Å². The molecule has 0 bridgehead atoms. The topological polar surface area (TPSA) is 8.81 Å². The average molecular weight is 416 g/mol. The van der Waals surface area contributed by atoms with Crippen LogP contribution in [0.2, 0.25) is 0 Å². The Labute approximate surface area is 164 Å². The van der Waals surface area contributed by atoms with Crippen LogP contribution in [-0.2, 0) is 13.6 Å². The summed E-state index contributed by atoms with van der Waals surface area (Å²) in [5.41, 5.74) is 5.24. The summed E-state index contributed by atoms with van der Waals surface area (Å²) in [5, 5.41) is 2.68. The van der Waals surface area contributed by atoms with E-state index in [4.69, 9.17) is 0 Å². The van der Waals surface area contributed by atoms with Gasteiger partial charge in [-0.15, -0.1) is 0 Å². The minimum absolute atomic E-state index is 0.379. The molecule has 0 fully saturated rings. The van der Waals surface area contributed by atoms with Crippen molar-refractivity contribution < 1.29 is 4.57 Å². The molecule has 2 aromatic heterocycles. The first-order chi connectivity index (χ1) is 13.3. The van der Waals surface area contributed by atoms with Crippen molar-refractivity contribution in [2.75, 3.05) is 0 Å². The zero-order valence-corrected chi connectivity index (χ0v) is 17.2. The Morgan fingerprint density at radius 1 is 0.889 bits per heavy atom. The molecule has 0 N–H and O–H groups in total. The Kier molecular flexibility index (Phi) is 4.00. The van der Waals surface area contributed by atoms with Crippen molar-refractivity contribution in [1.29, 1.82) is 0 Å². The number of rotatable bonds is 3. The van der Waals surface area contributed by atoms with E-state index in [2.05, 4.69) is 102 Å². The molecule has 0 saturated carbocycles. The Bertz CT molecular complexity index is 1320. The van der Waals surface area contributed by atoms with Gasteiger partial charge >= 0.3 is 165 Å². The summed E-state index contributed by atoms with van der Waals surface area (Å²) in [6, 6.07) is 24.3. The summed E-state index contributed by atoms with van der Waals surface area (Å²) < 4.78 is 7.60. The van der Waals surface area contributed by atoms with Crippen LogP contribution in [0.15, 0.2) is 66.7 Å². The van der Waals surface area contributed by atoms with Crippen molar-refractivity contribution in [3.8, 4) is 0 Å². The van der Waals surface area contributed by atoms with Crippen LogP contribution in [-0.4, -0.2) is 19.1 Å². The molecule has 0 atom stereocenters. The van der Waals surface area contributed by atoms with Gasteiger partial charge in [0.2, 0.25) is 0 Å². The zero-order valence-electron chi connectivity index (χ0n) is 15.5. The molecule has 0 radical (unpaired) electrons. The van der Waals surface area contributed by atoms with Crippen LogP contribution >= 0.6 is 0 Å². The predicted molar refractivity (Wildman–Crippen MR) is 116 cm³/mol. The standard InChI is InChI=1S/C24H21N2Se/c1-3-26-20-9-5-4-8-18(20)19-16-17(12-14-21(19)26)13-15-24-25(2)22-10-6-7-11-23(22)27-24/h4-16H,3H2,1-2H3/q+1. The van der Waals surface area contributed by atoms with Crippen molar-refractivity contribution in [2.45, 2.75) is 13.5 Å². The van der Waals surface area contributed by atoms with Gasteiger partial charge in [0.25, 0.3) is 0 Å². The second kappa shape index (κ2) is 6.53. The molecule has 0 aliphatic heterocycles. The van der Waals surface area contributed by atoms with Crippen molar-refractivity contribution in [3.05, 3.63) is 76.9 Å². The average Bonchev–Trinajstić information content (AvgIpc) is 3.21. The van der Waals surface area contributed by atoms with Gasteiger partial charge in [-0.1, -0.05) is 0 Å². The van der Waals surface area contributed by atoms with E-state index >= 15 is 0 Å². The van der Waals surface area contributed by atoms with E-state index in [0.29, 0.717) is 14.5 Å². The molecule has 5 rings (SSSR count). The maximum absolute atomic E-state index is 2.40. The maximum atomic E-state index is 2.40. The number of nitrogens with zero attached hydrogens (tertiary/aromatic N) is 2. The number of aryl methyl sites for hydroxylation is 2. The van der Waals surface area contributed by atoms with E-state index in [0.717, 1.165) is 6.54 Å². The molecule has 0 unspecified atom stereocenters. The third-order valence-electron chi connectivity index (χ3n) is 5.30. The van der Waals surface area contributed by atoms with Crippen LogP contribution < -0.4 is 4.57 Å². The molecule has 0 aliphatic carbocycles. The normalized spacial score (nSPS) is 12.1. The first kappa shape index (κ1) is 16.6. The summed E-state index contributed by atoms with van der Waals surface area (Å²) in [5.74, 6) is 0. The number of hydrogen-bond donors (Lipinski definition) is 0. The fraction of sp³-hybridized carbons (Fsp3) is 0.125. The van der Waals surface area contributed by atoms with E-state index in [1.807, 2.05) is 0 Å². The third-order valence-corrected chi connectivity index (χ3v) is 7.79. The van der Waals surface area contributed by atoms with Crippen molar-refractivity contribution in [3.63, 3.8) is 0 Å². The number of fused-ring (bicyclic) bond motifs is 4. The van der Waals surface area contributed by atoms with Crippen LogP contribution in [0.3, 0.4) is 0 Å². The summed E-state index contributed by atoms with van der Waals surface area (Å²) in [7, 11) is 2.17. The quantitative estimate of drug-likeness (QED) is 0.289. The van der Waals surface area contributed by atoms with Gasteiger partial charge in [-0.05, 0) is 0 Å². The summed E-state index contributed by atoms with van der Waals surface area (Å²) in [4.78, 5) is 0. The van der Waals surface area contributed by atoms with Gasteiger partial charge in [0.1, 0.15) is 0 Å². The van der Waals surface area contributed by atoms with E-state index in [1.165, 1.54) is 41.7 Å². The van der Waals surface area contributed by atoms with Crippen molar-refractivity contribution >= 4 is 58.2 Å². The second-order valence-electron chi connectivity index (χ2n) is 6.84. The van der Waals surface area contributed by atoms with E-state index < -0.39 is 0 Å². The van der Waals surface area contributed by atoms with Gasteiger partial charge in [-0.3, -0.25) is 0 Å². The van der Waals surface area contributed by atoms with Crippen LogP contribution in [0, 0.1) is 0 Å². The second-order valence-corrected chi connectivity index (χ2v) is 9.07. The molecule has 0 saturated heterocycles. The van der Waals surface area contributed by atoms with Crippen molar-refractivity contribution in [1.82, 2.24) is 4.57 Å². The molecule has 0 amide bonds. The summed E-state index contributed by atoms with van der Waals surface area (Å²) >= 11 is 0.379. The molecule has 0 spiro atoms. The van der Waals surface area contributed by atoms with Gasteiger partial charge in [-0.2, -0.15) is 0 Å². The summed E-state index contributed by atoms with van der Waals surface area (Å²) in [6.45, 7) is 3.20. The van der Waals surface area contributed by atoms with E-state index in [9.17, 15) is 0 Å². The number of aromatic nitrogens is 2. The van der Waals surface area contributed by atoms with Crippen LogP contribution in [0.25, 0.3) is 43.7 Å². The first-order valence-electron chi connectivity index (χ1n) is 9.33. The molecule has 27 heavy (non-hydrogen) atoms. The Hall–Kier alpha value is -2.61. The fourth-order valence-electron chi connectivity index (χ4n) is 3.95. The Balaban J connectivity index is 1.62. The van der Waals surface area contributed by atoms with Crippen LogP contribution in [0.5, 0.6) is 0 Å². The van der Waals surface area contributed by atoms with Crippen LogP contribution in [0.1, 0.15) is 17.1 Å². The molecule has 0 aliphatic rings. The number of hydrogen-bond acceptors (Lipinski definition) is 0. The van der Waals surface area contributed by atoms with E-state index in [1.54, 1.807) is 0 Å². The number of benzene rings is 3. The monoisotopic (exact) mass is 417 g/mol. The Morgan fingerprint density at radius 2 is 1.67 bits per heavy atom.